The molecule has 1 aliphatic rings. The Hall–Kier alpha value is -1.30. The zero-order chi connectivity index (χ0) is 15.7. The monoisotopic (exact) mass is 300 g/mol. The molecule has 0 radical (unpaired) electrons. The summed E-state index contributed by atoms with van der Waals surface area (Å²) in [4.78, 5) is 23.1. The van der Waals surface area contributed by atoms with Crippen LogP contribution in [0.2, 0.25) is 0 Å². The highest BCUT2D eigenvalue weighted by Gasteiger charge is 2.30. The van der Waals surface area contributed by atoms with Gasteiger partial charge in [0.15, 0.2) is 0 Å². The summed E-state index contributed by atoms with van der Waals surface area (Å²) in [7, 11) is 0. The lowest BCUT2D eigenvalue weighted by molar-refractivity contribution is -0.141. The highest BCUT2D eigenvalue weighted by Crippen LogP contribution is 2.26. The van der Waals surface area contributed by atoms with E-state index in [1.807, 2.05) is 0 Å². The van der Waals surface area contributed by atoms with Crippen molar-refractivity contribution < 1.29 is 19.4 Å². The van der Waals surface area contributed by atoms with E-state index in [1.165, 1.54) is 0 Å². The van der Waals surface area contributed by atoms with Crippen LogP contribution < -0.4 is 10.6 Å². The van der Waals surface area contributed by atoms with Crippen LogP contribution in [-0.4, -0.2) is 42.9 Å². The molecule has 1 rings (SSSR count). The van der Waals surface area contributed by atoms with Crippen LogP contribution in [0, 0.1) is 11.8 Å². The fourth-order valence-electron chi connectivity index (χ4n) is 2.60. The number of hydrogen-bond donors (Lipinski definition) is 3. The van der Waals surface area contributed by atoms with Gasteiger partial charge in [-0.2, -0.15) is 0 Å². The SMILES string of the molecule is CC(C)COCCNC(=O)NC(C(=O)O)C1CCCCC1. The van der Waals surface area contributed by atoms with E-state index in [1.54, 1.807) is 0 Å². The number of ether oxygens (including phenoxy) is 1. The molecule has 1 fully saturated rings. The van der Waals surface area contributed by atoms with E-state index in [-0.39, 0.29) is 5.92 Å². The minimum absolute atomic E-state index is 0.0409. The lowest BCUT2D eigenvalue weighted by Gasteiger charge is -2.28. The van der Waals surface area contributed by atoms with Crippen LogP contribution in [0.4, 0.5) is 4.79 Å². The van der Waals surface area contributed by atoms with Crippen LogP contribution in [0.1, 0.15) is 46.0 Å². The molecule has 21 heavy (non-hydrogen) atoms. The molecular weight excluding hydrogens is 272 g/mol. The van der Waals surface area contributed by atoms with Crippen LogP contribution in [0.3, 0.4) is 0 Å². The molecule has 3 N–H and O–H groups in total. The van der Waals surface area contributed by atoms with Crippen molar-refractivity contribution in [3.05, 3.63) is 0 Å². The number of nitrogens with one attached hydrogen (secondary N) is 2. The van der Waals surface area contributed by atoms with E-state index in [0.29, 0.717) is 25.7 Å². The minimum Gasteiger partial charge on any atom is -0.480 e. The standard InChI is InChI=1S/C15H28N2O4/c1-11(2)10-21-9-8-16-15(20)17-13(14(18)19)12-6-4-3-5-7-12/h11-13H,3-10H2,1-2H3,(H,18,19)(H2,16,17,20). The third kappa shape index (κ3) is 7.32. The van der Waals surface area contributed by atoms with Crippen molar-refractivity contribution in [2.75, 3.05) is 19.8 Å². The maximum atomic E-state index is 11.8. The molecule has 0 aliphatic heterocycles. The predicted molar refractivity (Wildman–Crippen MR) is 80.2 cm³/mol. The smallest absolute Gasteiger partial charge is 0.326 e. The molecule has 1 unspecified atom stereocenters. The molecule has 0 aromatic carbocycles. The largest absolute Gasteiger partial charge is 0.480 e. The van der Waals surface area contributed by atoms with Crippen LogP contribution in [0.5, 0.6) is 0 Å². The molecular formula is C15H28N2O4. The number of aliphatic carboxylic acids is 1. The zero-order valence-electron chi connectivity index (χ0n) is 13.1. The second-order valence-electron chi connectivity index (χ2n) is 6.08. The highest BCUT2D eigenvalue weighted by atomic mass is 16.5. The number of carboxylic acids is 1. The number of urea groups is 1. The number of carbonyl (C=O) groups is 2. The molecule has 1 saturated carbocycles. The maximum absolute atomic E-state index is 11.8. The molecule has 1 aliphatic carbocycles. The molecule has 122 valence electrons. The Labute approximate surface area is 126 Å². The van der Waals surface area contributed by atoms with Crippen LogP contribution in [0.15, 0.2) is 0 Å². The first-order valence-corrected chi connectivity index (χ1v) is 7.85. The fourth-order valence-corrected chi connectivity index (χ4v) is 2.60. The maximum Gasteiger partial charge on any atom is 0.326 e. The van der Waals surface area contributed by atoms with Crippen LogP contribution >= 0.6 is 0 Å². The molecule has 2 amide bonds. The lowest BCUT2D eigenvalue weighted by Crippen LogP contribution is -2.50. The predicted octanol–water partition coefficient (Wildman–Crippen LogP) is 1.99. The summed E-state index contributed by atoms with van der Waals surface area (Å²) in [5.74, 6) is -0.450. The number of carbonyl (C=O) groups excluding carboxylic acids is 1. The molecule has 1 atom stereocenters. The van der Waals surface area contributed by atoms with Gasteiger partial charge in [0.2, 0.25) is 0 Å². The van der Waals surface area contributed by atoms with Gasteiger partial charge in [0, 0.05) is 13.2 Å². The molecule has 6 nitrogen and oxygen atoms in total. The van der Waals surface area contributed by atoms with E-state index < -0.39 is 18.0 Å². The number of hydrogen-bond acceptors (Lipinski definition) is 3. The average molecular weight is 300 g/mol. The lowest BCUT2D eigenvalue weighted by atomic mass is 9.84. The van der Waals surface area contributed by atoms with Gasteiger partial charge < -0.3 is 20.5 Å². The van der Waals surface area contributed by atoms with E-state index >= 15 is 0 Å². The van der Waals surface area contributed by atoms with Gasteiger partial charge in [-0.25, -0.2) is 9.59 Å². The molecule has 0 spiro atoms. The average Bonchev–Trinajstić information content (AvgIpc) is 2.44. The van der Waals surface area contributed by atoms with Crippen molar-refractivity contribution in [3.63, 3.8) is 0 Å². The Kier molecular flexibility index (Phi) is 8.12. The first-order valence-electron chi connectivity index (χ1n) is 7.85. The summed E-state index contributed by atoms with van der Waals surface area (Å²) >= 11 is 0. The second-order valence-corrected chi connectivity index (χ2v) is 6.08. The molecule has 0 saturated heterocycles. The topological polar surface area (TPSA) is 87.7 Å². The van der Waals surface area contributed by atoms with E-state index in [0.717, 1.165) is 32.1 Å². The van der Waals surface area contributed by atoms with Gasteiger partial charge >= 0.3 is 12.0 Å². The number of rotatable bonds is 8. The van der Waals surface area contributed by atoms with Gasteiger partial charge in [0.1, 0.15) is 6.04 Å². The Morgan fingerprint density at radius 3 is 2.48 bits per heavy atom. The van der Waals surface area contributed by atoms with Gasteiger partial charge in [-0.05, 0) is 24.7 Å². The second kappa shape index (κ2) is 9.60. The van der Waals surface area contributed by atoms with Gasteiger partial charge in [-0.3, -0.25) is 0 Å². The van der Waals surface area contributed by atoms with Crippen molar-refractivity contribution in [3.8, 4) is 0 Å². The van der Waals surface area contributed by atoms with Crippen LogP contribution in [-0.2, 0) is 9.53 Å². The highest BCUT2D eigenvalue weighted by molar-refractivity contribution is 5.82. The normalized spacial score (nSPS) is 17.5. The third-order valence-electron chi connectivity index (χ3n) is 3.66. The van der Waals surface area contributed by atoms with Gasteiger partial charge in [0.25, 0.3) is 0 Å². The summed E-state index contributed by atoms with van der Waals surface area (Å²) in [5, 5.41) is 14.5. The van der Waals surface area contributed by atoms with Crippen molar-refractivity contribution in [2.24, 2.45) is 11.8 Å². The van der Waals surface area contributed by atoms with Crippen LogP contribution in [0.25, 0.3) is 0 Å². The summed E-state index contributed by atoms with van der Waals surface area (Å²) < 4.78 is 5.36. The summed E-state index contributed by atoms with van der Waals surface area (Å²) in [6.45, 7) is 5.59. The Balaban J connectivity index is 2.27. The van der Waals surface area contributed by atoms with E-state index in [9.17, 15) is 14.7 Å². The first-order chi connectivity index (χ1) is 10.0. The molecule has 0 bridgehead atoms. The first kappa shape index (κ1) is 17.8. The van der Waals surface area contributed by atoms with E-state index in [4.69, 9.17) is 4.74 Å². The quantitative estimate of drug-likeness (QED) is 0.598. The van der Waals surface area contributed by atoms with Crippen molar-refractivity contribution in [1.82, 2.24) is 10.6 Å². The molecule has 6 heteroatoms. The van der Waals surface area contributed by atoms with Gasteiger partial charge in [-0.1, -0.05) is 33.1 Å². The zero-order valence-corrected chi connectivity index (χ0v) is 13.1. The minimum atomic E-state index is -0.951. The molecule has 0 aromatic rings. The van der Waals surface area contributed by atoms with Crippen molar-refractivity contribution in [2.45, 2.75) is 52.0 Å². The number of carboxylic acid groups (broad SMARTS) is 1. The Morgan fingerprint density at radius 1 is 1.24 bits per heavy atom. The summed E-state index contributed by atoms with van der Waals surface area (Å²) in [6.07, 6.45) is 4.98. The Morgan fingerprint density at radius 2 is 1.90 bits per heavy atom. The third-order valence-corrected chi connectivity index (χ3v) is 3.66. The van der Waals surface area contributed by atoms with Gasteiger partial charge in [0.05, 0.1) is 6.61 Å². The summed E-state index contributed by atoms with van der Waals surface area (Å²) in [5.41, 5.74) is 0. The molecule has 0 heterocycles. The van der Waals surface area contributed by atoms with Gasteiger partial charge in [-0.15, -0.1) is 0 Å². The number of amides is 2. The Bertz CT molecular complexity index is 328. The van der Waals surface area contributed by atoms with Crippen molar-refractivity contribution >= 4 is 12.0 Å². The summed E-state index contributed by atoms with van der Waals surface area (Å²) in [6, 6.07) is -1.22. The van der Waals surface area contributed by atoms with E-state index in [2.05, 4.69) is 24.5 Å². The molecule has 0 aromatic heterocycles. The van der Waals surface area contributed by atoms with Crippen molar-refractivity contribution in [1.29, 1.82) is 0 Å². The fraction of sp³-hybridized carbons (Fsp3) is 0.867.